The summed E-state index contributed by atoms with van der Waals surface area (Å²) in [4.78, 5) is 51.1. The number of carbonyl (C=O) groups excluding carboxylic acids is 4. The molecule has 36 heavy (non-hydrogen) atoms. The summed E-state index contributed by atoms with van der Waals surface area (Å²) >= 11 is 3.38. The SMILES string of the molecule is CC(C)(C)C(=O)OC[C@H]1O[C@H](Br)[C@H](OC(=O)C(C)(C)C)[C@@H](OC(=O)C(C)(C)C)[C@H]1OC(=O)C(C)(C)C. The second-order valence-corrected chi connectivity index (χ2v) is 14.1. The van der Waals surface area contributed by atoms with E-state index in [-0.39, 0.29) is 6.61 Å². The molecule has 208 valence electrons. The van der Waals surface area contributed by atoms with E-state index in [1.54, 1.807) is 83.1 Å². The predicted octanol–water partition coefficient (Wildman–Crippen LogP) is 4.57. The first-order valence-corrected chi connectivity index (χ1v) is 13.0. The van der Waals surface area contributed by atoms with Crippen LogP contribution < -0.4 is 0 Å². The van der Waals surface area contributed by atoms with Crippen molar-refractivity contribution in [2.24, 2.45) is 21.7 Å². The average molecular weight is 580 g/mol. The third-order valence-corrected chi connectivity index (χ3v) is 5.87. The van der Waals surface area contributed by atoms with E-state index >= 15 is 0 Å². The number of halogens is 1. The Morgan fingerprint density at radius 1 is 0.583 bits per heavy atom. The third kappa shape index (κ3) is 9.01. The molecule has 0 aromatic heterocycles. The smallest absolute Gasteiger partial charge is 0.311 e. The third-order valence-electron chi connectivity index (χ3n) is 5.13. The van der Waals surface area contributed by atoms with Crippen LogP contribution in [-0.4, -0.2) is 59.9 Å². The lowest BCUT2D eigenvalue weighted by molar-refractivity contribution is -0.245. The van der Waals surface area contributed by atoms with Crippen LogP contribution >= 0.6 is 15.9 Å². The number of hydrogen-bond donors (Lipinski definition) is 0. The summed E-state index contributed by atoms with van der Waals surface area (Å²) in [6, 6.07) is 0. The molecule has 0 aliphatic carbocycles. The first-order valence-electron chi connectivity index (χ1n) is 12.1. The molecule has 1 aliphatic rings. The van der Waals surface area contributed by atoms with Crippen molar-refractivity contribution in [2.45, 2.75) is 113 Å². The average Bonchev–Trinajstić information content (AvgIpc) is 2.67. The van der Waals surface area contributed by atoms with E-state index < -0.39 is 75.0 Å². The molecule has 1 heterocycles. The summed E-state index contributed by atoms with van der Waals surface area (Å²) < 4.78 is 28.8. The molecule has 9 nitrogen and oxygen atoms in total. The van der Waals surface area contributed by atoms with Gasteiger partial charge in [0, 0.05) is 0 Å². The molecule has 1 saturated heterocycles. The Morgan fingerprint density at radius 3 is 1.28 bits per heavy atom. The van der Waals surface area contributed by atoms with Crippen LogP contribution in [0.4, 0.5) is 0 Å². The molecule has 0 bridgehead atoms. The largest absolute Gasteiger partial charge is 0.462 e. The minimum Gasteiger partial charge on any atom is -0.462 e. The molecule has 0 N–H and O–H groups in total. The van der Waals surface area contributed by atoms with Crippen LogP contribution in [0.5, 0.6) is 0 Å². The van der Waals surface area contributed by atoms with E-state index in [1.165, 1.54) is 0 Å². The van der Waals surface area contributed by atoms with Gasteiger partial charge in [-0.1, -0.05) is 15.9 Å². The zero-order chi connectivity index (χ0) is 28.4. The number of hydrogen-bond acceptors (Lipinski definition) is 9. The standard InChI is InChI=1S/C26H43BrO9/c1-23(2,3)19(28)32-13-14-15(34-20(29)24(4,5)6)16(35-21(30)25(7,8)9)17(18(27)33-14)36-22(31)26(10,11)12/h14-18H,13H2,1-12H3/t14-,15+,16+,17-,18+/m1/s1. The zero-order valence-electron chi connectivity index (χ0n) is 23.6. The van der Waals surface area contributed by atoms with Crippen molar-refractivity contribution in [1.82, 2.24) is 0 Å². The van der Waals surface area contributed by atoms with E-state index in [1.807, 2.05) is 0 Å². The molecule has 0 radical (unpaired) electrons. The van der Waals surface area contributed by atoms with Gasteiger partial charge in [0.1, 0.15) is 12.7 Å². The van der Waals surface area contributed by atoms with Gasteiger partial charge < -0.3 is 23.7 Å². The van der Waals surface area contributed by atoms with Crippen LogP contribution in [0.25, 0.3) is 0 Å². The van der Waals surface area contributed by atoms with Gasteiger partial charge in [0.05, 0.1) is 21.7 Å². The molecule has 1 rings (SSSR count). The lowest BCUT2D eigenvalue weighted by Crippen LogP contribution is -2.62. The van der Waals surface area contributed by atoms with E-state index in [2.05, 4.69) is 15.9 Å². The van der Waals surface area contributed by atoms with Crippen LogP contribution in [0.3, 0.4) is 0 Å². The second kappa shape index (κ2) is 11.4. The summed E-state index contributed by atoms with van der Waals surface area (Å²) in [6.07, 6.45) is -4.60. The maximum Gasteiger partial charge on any atom is 0.311 e. The highest BCUT2D eigenvalue weighted by Crippen LogP contribution is 2.35. The molecular weight excluding hydrogens is 536 g/mol. The van der Waals surface area contributed by atoms with Gasteiger partial charge in [0.2, 0.25) is 0 Å². The van der Waals surface area contributed by atoms with Crippen molar-refractivity contribution in [3.8, 4) is 0 Å². The van der Waals surface area contributed by atoms with Crippen molar-refractivity contribution >= 4 is 39.8 Å². The number of ether oxygens (including phenoxy) is 5. The molecule has 0 aromatic carbocycles. The predicted molar refractivity (Wildman–Crippen MR) is 136 cm³/mol. The Morgan fingerprint density at radius 2 is 0.917 bits per heavy atom. The van der Waals surface area contributed by atoms with Crippen molar-refractivity contribution < 1.29 is 42.9 Å². The van der Waals surface area contributed by atoms with Gasteiger partial charge in [0.15, 0.2) is 23.3 Å². The number of alkyl halides is 1. The fourth-order valence-electron chi connectivity index (χ4n) is 2.68. The van der Waals surface area contributed by atoms with Crippen molar-refractivity contribution in [3.63, 3.8) is 0 Å². The van der Waals surface area contributed by atoms with Gasteiger partial charge in [-0.3, -0.25) is 19.2 Å². The van der Waals surface area contributed by atoms with E-state index in [0.717, 1.165) is 0 Å². The molecule has 5 atom stereocenters. The highest BCUT2D eigenvalue weighted by molar-refractivity contribution is 9.09. The normalized spacial score (nSPS) is 25.5. The van der Waals surface area contributed by atoms with Crippen molar-refractivity contribution in [1.29, 1.82) is 0 Å². The fourth-order valence-corrected chi connectivity index (χ4v) is 3.36. The minimum absolute atomic E-state index is 0.274. The number of carbonyl (C=O) groups is 4. The van der Waals surface area contributed by atoms with E-state index in [9.17, 15) is 19.2 Å². The number of esters is 4. The molecule has 0 aromatic rings. The van der Waals surface area contributed by atoms with Gasteiger partial charge >= 0.3 is 23.9 Å². The topological polar surface area (TPSA) is 114 Å². The Kier molecular flexibility index (Phi) is 10.2. The van der Waals surface area contributed by atoms with Gasteiger partial charge in [-0.05, 0) is 83.1 Å². The van der Waals surface area contributed by atoms with Crippen LogP contribution in [0.1, 0.15) is 83.1 Å². The fraction of sp³-hybridized carbons (Fsp3) is 0.846. The molecular formula is C26H43BrO9. The quantitative estimate of drug-likeness (QED) is 0.263. The van der Waals surface area contributed by atoms with Crippen molar-refractivity contribution in [3.05, 3.63) is 0 Å². The van der Waals surface area contributed by atoms with Crippen LogP contribution in [0.2, 0.25) is 0 Å². The first kappa shape index (κ1) is 32.3. The van der Waals surface area contributed by atoms with Crippen LogP contribution in [-0.2, 0) is 42.9 Å². The molecule has 10 heteroatoms. The molecule has 0 spiro atoms. The maximum absolute atomic E-state index is 13.0. The first-order chi connectivity index (χ1) is 16.0. The molecule has 0 unspecified atom stereocenters. The molecule has 1 aliphatic heterocycles. The Labute approximate surface area is 223 Å². The Balaban J connectivity index is 3.50. The number of rotatable bonds is 5. The van der Waals surface area contributed by atoms with Crippen LogP contribution in [0.15, 0.2) is 0 Å². The van der Waals surface area contributed by atoms with E-state index in [4.69, 9.17) is 23.7 Å². The van der Waals surface area contributed by atoms with Gasteiger partial charge in [-0.15, -0.1) is 0 Å². The zero-order valence-corrected chi connectivity index (χ0v) is 25.2. The summed E-state index contributed by atoms with van der Waals surface area (Å²) in [5.41, 5.74) is -3.43. The summed E-state index contributed by atoms with van der Waals surface area (Å²) in [6.45, 7) is 19.9. The molecule has 0 amide bonds. The molecule has 0 saturated carbocycles. The van der Waals surface area contributed by atoms with Gasteiger partial charge in [0.25, 0.3) is 0 Å². The van der Waals surface area contributed by atoms with Crippen molar-refractivity contribution in [2.75, 3.05) is 6.61 Å². The monoisotopic (exact) mass is 578 g/mol. The second-order valence-electron chi connectivity index (χ2n) is 13.2. The highest BCUT2D eigenvalue weighted by Gasteiger charge is 2.53. The Bertz CT molecular complexity index is 824. The van der Waals surface area contributed by atoms with E-state index in [0.29, 0.717) is 0 Å². The van der Waals surface area contributed by atoms with Gasteiger partial charge in [-0.2, -0.15) is 0 Å². The lowest BCUT2D eigenvalue weighted by Gasteiger charge is -2.44. The minimum atomic E-state index is -1.23. The summed E-state index contributed by atoms with van der Waals surface area (Å²) in [7, 11) is 0. The molecule has 1 fully saturated rings. The highest BCUT2D eigenvalue weighted by atomic mass is 79.9. The summed E-state index contributed by atoms with van der Waals surface area (Å²) in [5, 5.41) is -0.940. The Hall–Kier alpha value is -1.68. The van der Waals surface area contributed by atoms with Crippen LogP contribution in [0, 0.1) is 21.7 Å². The maximum atomic E-state index is 13.0. The lowest BCUT2D eigenvalue weighted by atomic mass is 9.93. The summed E-state index contributed by atoms with van der Waals surface area (Å²) in [5.74, 6) is -2.22. The van der Waals surface area contributed by atoms with Gasteiger partial charge in [-0.25, -0.2) is 0 Å².